The quantitative estimate of drug-likeness (QED) is 0.135. The van der Waals surface area contributed by atoms with E-state index in [1.807, 2.05) is 44.2 Å². The average Bonchev–Trinajstić information content (AvgIpc) is 3.39. The standard InChI is InChI=1S/C28H34F3N2O4P/c1-20(2)16-23-10-8-21(18-25(23)28(29,30)31)6-3-13-33-26-11-9-22(17-24(26)27-7-4-14-36-27)19-32-12-5-15-37-38(34)35/h4,7-11,14,17-18,20,32-33H,3,5-6,12-13,15-16,19H2,1-2H3/p+1. The molecule has 0 spiro atoms. The molecule has 3 aromatic rings. The molecule has 0 saturated carbocycles. The Morgan fingerprint density at radius 1 is 1.05 bits per heavy atom. The molecule has 1 unspecified atom stereocenters. The van der Waals surface area contributed by atoms with E-state index in [0.717, 1.165) is 16.8 Å². The molecule has 206 valence electrons. The molecule has 3 N–H and O–H groups in total. The van der Waals surface area contributed by atoms with Crippen LogP contribution in [0, 0.1) is 5.92 Å². The van der Waals surface area contributed by atoms with Crippen molar-refractivity contribution in [1.82, 2.24) is 5.32 Å². The van der Waals surface area contributed by atoms with Crippen molar-refractivity contribution in [2.24, 2.45) is 5.92 Å². The second-order valence-corrected chi connectivity index (χ2v) is 10.3. The molecule has 0 bridgehead atoms. The van der Waals surface area contributed by atoms with E-state index in [1.165, 1.54) is 6.07 Å². The summed E-state index contributed by atoms with van der Waals surface area (Å²) < 4.78 is 61.6. The SMILES string of the molecule is CC(C)Cc1ccc(CCCNc2ccc(CNCCCO[P+](=O)O)cc2-c2ccco2)cc1C(F)(F)F. The van der Waals surface area contributed by atoms with Crippen LogP contribution in [-0.2, 0) is 34.7 Å². The van der Waals surface area contributed by atoms with Crippen molar-refractivity contribution in [1.29, 1.82) is 0 Å². The number of nitrogens with one attached hydrogen (secondary N) is 2. The fraction of sp³-hybridized carbons (Fsp3) is 0.429. The van der Waals surface area contributed by atoms with Crippen LogP contribution in [0.3, 0.4) is 0 Å². The highest BCUT2D eigenvalue weighted by Crippen LogP contribution is 2.34. The molecule has 0 saturated heterocycles. The molecule has 6 nitrogen and oxygen atoms in total. The van der Waals surface area contributed by atoms with Crippen molar-refractivity contribution in [2.45, 2.75) is 52.3 Å². The Labute approximate surface area is 222 Å². The Kier molecular flexibility index (Phi) is 11.3. The van der Waals surface area contributed by atoms with Gasteiger partial charge in [-0.3, -0.25) is 0 Å². The third-order valence-corrected chi connectivity index (χ3v) is 6.37. The first-order valence-corrected chi connectivity index (χ1v) is 13.9. The third-order valence-electron chi connectivity index (χ3n) is 5.96. The van der Waals surface area contributed by atoms with Crippen molar-refractivity contribution in [3.05, 3.63) is 77.0 Å². The summed E-state index contributed by atoms with van der Waals surface area (Å²) in [6.45, 7) is 5.87. The Balaban J connectivity index is 1.58. The Morgan fingerprint density at radius 2 is 1.84 bits per heavy atom. The van der Waals surface area contributed by atoms with Gasteiger partial charge < -0.3 is 15.1 Å². The maximum atomic E-state index is 13.6. The molecular weight excluding hydrogens is 516 g/mol. The number of hydrogen-bond acceptors (Lipinski definition) is 5. The van der Waals surface area contributed by atoms with Crippen molar-refractivity contribution in [3.8, 4) is 11.3 Å². The number of hydrogen-bond donors (Lipinski definition) is 3. The summed E-state index contributed by atoms with van der Waals surface area (Å²) in [6, 6.07) is 14.4. The van der Waals surface area contributed by atoms with E-state index >= 15 is 0 Å². The molecule has 1 aromatic heterocycles. The minimum Gasteiger partial charge on any atom is -0.464 e. The summed E-state index contributed by atoms with van der Waals surface area (Å²) in [7, 11) is -2.57. The topological polar surface area (TPSA) is 83.7 Å². The molecule has 1 atom stereocenters. The molecular formula is C28H35F3N2O4P+. The second kappa shape index (κ2) is 14.4. The molecule has 0 amide bonds. The normalized spacial score (nSPS) is 12.2. The number of halogens is 3. The van der Waals surface area contributed by atoms with E-state index in [2.05, 4.69) is 15.2 Å². The van der Waals surface area contributed by atoms with Gasteiger partial charge in [0.1, 0.15) is 12.4 Å². The molecule has 2 aromatic carbocycles. The minimum absolute atomic E-state index is 0.150. The van der Waals surface area contributed by atoms with Gasteiger partial charge in [-0.05, 0) is 85.2 Å². The molecule has 10 heteroatoms. The fourth-order valence-corrected chi connectivity index (χ4v) is 4.53. The lowest BCUT2D eigenvalue weighted by atomic mass is 9.94. The largest absolute Gasteiger partial charge is 0.694 e. The van der Waals surface area contributed by atoms with Crippen LogP contribution in [0.2, 0.25) is 0 Å². The predicted octanol–water partition coefficient (Wildman–Crippen LogP) is 7.35. The van der Waals surface area contributed by atoms with Crippen LogP contribution < -0.4 is 10.6 Å². The first-order valence-electron chi connectivity index (χ1n) is 12.7. The summed E-state index contributed by atoms with van der Waals surface area (Å²) >= 11 is 0. The van der Waals surface area contributed by atoms with E-state index in [1.54, 1.807) is 18.4 Å². The van der Waals surface area contributed by atoms with Gasteiger partial charge in [0.25, 0.3) is 0 Å². The molecule has 0 aliphatic rings. The van der Waals surface area contributed by atoms with Crippen LogP contribution in [0.25, 0.3) is 11.3 Å². The summed E-state index contributed by atoms with van der Waals surface area (Å²) in [4.78, 5) is 8.66. The Bertz CT molecular complexity index is 1170. The van der Waals surface area contributed by atoms with Crippen LogP contribution in [0.4, 0.5) is 18.9 Å². The van der Waals surface area contributed by atoms with Crippen molar-refractivity contribution in [2.75, 3.05) is 25.0 Å². The molecule has 3 rings (SSSR count). The van der Waals surface area contributed by atoms with Gasteiger partial charge in [0, 0.05) is 28.9 Å². The number of rotatable bonds is 15. The van der Waals surface area contributed by atoms with Crippen molar-refractivity contribution < 1.29 is 31.6 Å². The smallest absolute Gasteiger partial charge is 0.464 e. The van der Waals surface area contributed by atoms with E-state index in [-0.39, 0.29) is 12.5 Å². The Hall–Kier alpha value is -2.71. The average molecular weight is 552 g/mol. The second-order valence-electron chi connectivity index (χ2n) is 9.58. The van der Waals surface area contributed by atoms with Gasteiger partial charge in [0.2, 0.25) is 0 Å². The van der Waals surface area contributed by atoms with Gasteiger partial charge in [-0.25, -0.2) is 0 Å². The van der Waals surface area contributed by atoms with Crippen LogP contribution >= 0.6 is 8.25 Å². The summed E-state index contributed by atoms with van der Waals surface area (Å²) in [6.07, 6.45) is -0.540. The van der Waals surface area contributed by atoms with E-state index in [9.17, 15) is 17.7 Å². The Morgan fingerprint density at radius 3 is 2.53 bits per heavy atom. The minimum atomic E-state index is -4.36. The molecule has 1 heterocycles. The number of anilines is 1. The van der Waals surface area contributed by atoms with Crippen LogP contribution in [0.5, 0.6) is 0 Å². The molecule has 0 radical (unpaired) electrons. The highest BCUT2D eigenvalue weighted by atomic mass is 31.1. The zero-order valence-electron chi connectivity index (χ0n) is 21.7. The summed E-state index contributed by atoms with van der Waals surface area (Å²) in [5.41, 5.74) is 3.31. The molecule has 0 aliphatic heterocycles. The van der Waals surface area contributed by atoms with Gasteiger partial charge in [0.05, 0.1) is 11.8 Å². The first-order chi connectivity index (χ1) is 18.1. The maximum absolute atomic E-state index is 13.6. The predicted molar refractivity (Wildman–Crippen MR) is 143 cm³/mol. The van der Waals surface area contributed by atoms with Crippen molar-refractivity contribution in [3.63, 3.8) is 0 Å². The number of alkyl halides is 3. The fourth-order valence-electron chi connectivity index (χ4n) is 4.24. The van der Waals surface area contributed by atoms with Crippen LogP contribution in [-0.4, -0.2) is 24.6 Å². The summed E-state index contributed by atoms with van der Waals surface area (Å²) in [5, 5.41) is 6.68. The van der Waals surface area contributed by atoms with Gasteiger partial charge in [0.15, 0.2) is 0 Å². The highest BCUT2D eigenvalue weighted by molar-refractivity contribution is 7.32. The molecule has 0 aliphatic carbocycles. The summed E-state index contributed by atoms with van der Waals surface area (Å²) in [5.74, 6) is 0.863. The zero-order chi connectivity index (χ0) is 27.5. The van der Waals surface area contributed by atoms with E-state index in [4.69, 9.17) is 9.31 Å². The number of aryl methyl sites for hydroxylation is 1. The lowest BCUT2D eigenvalue weighted by molar-refractivity contribution is -0.138. The van der Waals surface area contributed by atoms with Crippen LogP contribution in [0.15, 0.2) is 59.2 Å². The highest BCUT2D eigenvalue weighted by Gasteiger charge is 2.33. The van der Waals surface area contributed by atoms with Crippen molar-refractivity contribution >= 4 is 13.9 Å². The lowest BCUT2D eigenvalue weighted by Crippen LogP contribution is -2.16. The first kappa shape index (κ1) is 29.8. The molecule has 38 heavy (non-hydrogen) atoms. The molecule has 0 fully saturated rings. The maximum Gasteiger partial charge on any atom is 0.694 e. The third kappa shape index (κ3) is 9.55. The number of benzene rings is 2. The van der Waals surface area contributed by atoms with Gasteiger partial charge in [-0.2, -0.15) is 13.2 Å². The lowest BCUT2D eigenvalue weighted by Gasteiger charge is -2.16. The van der Waals surface area contributed by atoms with Gasteiger partial charge >= 0.3 is 14.4 Å². The zero-order valence-corrected chi connectivity index (χ0v) is 22.6. The van der Waals surface area contributed by atoms with E-state index in [0.29, 0.717) is 62.2 Å². The monoisotopic (exact) mass is 551 g/mol. The number of furan rings is 1. The van der Waals surface area contributed by atoms with Gasteiger partial charge in [-0.1, -0.05) is 32.0 Å². The van der Waals surface area contributed by atoms with Gasteiger partial charge in [-0.15, -0.1) is 9.42 Å². The van der Waals surface area contributed by atoms with E-state index < -0.39 is 20.0 Å². The van der Waals surface area contributed by atoms with Crippen LogP contribution in [0.1, 0.15) is 48.9 Å².